The highest BCUT2D eigenvalue weighted by molar-refractivity contribution is 6.38. The van der Waals surface area contributed by atoms with Crippen molar-refractivity contribution in [2.75, 3.05) is 31.1 Å². The van der Waals surface area contributed by atoms with E-state index >= 15 is 0 Å². The Bertz CT molecular complexity index is 1110. The van der Waals surface area contributed by atoms with E-state index in [9.17, 15) is 18.0 Å². The zero-order valence-corrected chi connectivity index (χ0v) is 16.9. The van der Waals surface area contributed by atoms with Crippen molar-refractivity contribution in [1.82, 2.24) is 4.90 Å². The molecule has 0 bridgehead atoms. The second-order valence-corrected chi connectivity index (χ2v) is 7.58. The minimum Gasteiger partial charge on any atom is -0.449 e. The van der Waals surface area contributed by atoms with Crippen molar-refractivity contribution in [1.29, 1.82) is 0 Å². The molecule has 0 atom stereocenters. The first-order valence-electron chi connectivity index (χ1n) is 9.47. The van der Waals surface area contributed by atoms with Crippen molar-refractivity contribution in [3.63, 3.8) is 0 Å². The van der Waals surface area contributed by atoms with Gasteiger partial charge in [-0.25, -0.2) is 4.79 Å². The van der Waals surface area contributed by atoms with Gasteiger partial charge in [-0.05, 0) is 23.8 Å². The molecule has 3 aromatic rings. The van der Waals surface area contributed by atoms with Gasteiger partial charge in [0.25, 0.3) is 5.95 Å². The Morgan fingerprint density at radius 3 is 2.55 bits per heavy atom. The van der Waals surface area contributed by atoms with Crippen LogP contribution in [0.2, 0.25) is 5.02 Å². The lowest BCUT2D eigenvalue weighted by atomic mass is 10.1. The number of ether oxygens (including phenoxy) is 1. The molecule has 4 rings (SSSR count). The van der Waals surface area contributed by atoms with Crippen LogP contribution in [-0.2, 0) is 12.7 Å². The van der Waals surface area contributed by atoms with E-state index in [1.54, 1.807) is 18.2 Å². The standard InChI is InChI=1S/C21H18ClF3N2O4/c22-19-15-11-18(31-20(28)29)30-17(15)5-4-16(19)27-8-6-26(7-9-27)12-13-2-1-3-14(10-13)21(23,24)25/h1-5,10-11H,6-9,12H2,(H,28,29). The summed E-state index contributed by atoms with van der Waals surface area (Å²) in [5, 5.41) is 9.69. The van der Waals surface area contributed by atoms with Crippen molar-refractivity contribution in [3.8, 4) is 5.95 Å². The Hall–Kier alpha value is -2.91. The highest BCUT2D eigenvalue weighted by atomic mass is 35.5. The zero-order valence-electron chi connectivity index (χ0n) is 16.2. The van der Waals surface area contributed by atoms with E-state index in [4.69, 9.17) is 21.1 Å². The van der Waals surface area contributed by atoms with Crippen molar-refractivity contribution in [2.24, 2.45) is 0 Å². The van der Waals surface area contributed by atoms with E-state index < -0.39 is 17.9 Å². The first kappa shape index (κ1) is 21.3. The van der Waals surface area contributed by atoms with Crippen LogP contribution >= 0.6 is 11.6 Å². The summed E-state index contributed by atoms with van der Waals surface area (Å²) in [7, 11) is 0. The number of rotatable bonds is 4. The number of nitrogens with zero attached hydrogens (tertiary/aromatic N) is 2. The Labute approximate surface area is 180 Å². The summed E-state index contributed by atoms with van der Waals surface area (Å²) in [5.41, 5.74) is 1.16. The first-order chi connectivity index (χ1) is 14.7. The minimum absolute atomic E-state index is 0.160. The number of alkyl halides is 3. The predicted molar refractivity (Wildman–Crippen MR) is 109 cm³/mol. The molecule has 0 spiro atoms. The quantitative estimate of drug-likeness (QED) is 0.526. The molecular weight excluding hydrogens is 437 g/mol. The summed E-state index contributed by atoms with van der Waals surface area (Å²) in [6, 6.07) is 10.3. The maximum absolute atomic E-state index is 12.9. The molecule has 1 fully saturated rings. The van der Waals surface area contributed by atoms with Gasteiger partial charge in [0.15, 0.2) is 0 Å². The van der Waals surface area contributed by atoms with Crippen molar-refractivity contribution >= 4 is 34.4 Å². The van der Waals surface area contributed by atoms with Crippen molar-refractivity contribution < 1.29 is 32.2 Å². The molecule has 1 saturated heterocycles. The molecule has 2 aromatic carbocycles. The minimum atomic E-state index is -4.35. The monoisotopic (exact) mass is 454 g/mol. The number of piperazine rings is 1. The van der Waals surface area contributed by atoms with Gasteiger partial charge < -0.3 is 19.2 Å². The SMILES string of the molecule is O=C(O)Oc1cc2c(Cl)c(N3CCN(Cc4cccc(C(F)(F)F)c4)CC3)ccc2o1. The number of furan rings is 1. The summed E-state index contributed by atoms with van der Waals surface area (Å²) in [6.07, 6.45) is -5.83. The summed E-state index contributed by atoms with van der Waals surface area (Å²) >= 11 is 6.53. The number of halogens is 4. The highest BCUT2D eigenvalue weighted by Gasteiger charge is 2.30. The van der Waals surface area contributed by atoms with Crippen molar-refractivity contribution in [2.45, 2.75) is 12.7 Å². The molecule has 0 saturated carbocycles. The fraction of sp³-hybridized carbons (Fsp3) is 0.286. The summed E-state index contributed by atoms with van der Waals surface area (Å²) in [6.45, 7) is 3.02. The fourth-order valence-electron chi connectivity index (χ4n) is 3.67. The van der Waals surface area contributed by atoms with Crippen LogP contribution in [-0.4, -0.2) is 42.3 Å². The Balaban J connectivity index is 1.43. The van der Waals surface area contributed by atoms with E-state index in [-0.39, 0.29) is 5.95 Å². The summed E-state index contributed by atoms with van der Waals surface area (Å²) in [4.78, 5) is 14.9. The molecule has 2 heterocycles. The lowest BCUT2D eigenvalue weighted by Crippen LogP contribution is -2.46. The molecule has 10 heteroatoms. The summed E-state index contributed by atoms with van der Waals surface area (Å²) in [5.74, 6) is -0.160. The Morgan fingerprint density at radius 2 is 1.87 bits per heavy atom. The molecule has 31 heavy (non-hydrogen) atoms. The number of anilines is 1. The van der Waals surface area contributed by atoms with Gasteiger partial charge in [0, 0.05) is 44.2 Å². The lowest BCUT2D eigenvalue weighted by Gasteiger charge is -2.36. The van der Waals surface area contributed by atoms with Crippen LogP contribution in [0.15, 0.2) is 46.9 Å². The smallest absolute Gasteiger partial charge is 0.449 e. The van der Waals surface area contributed by atoms with Crippen LogP contribution in [0.5, 0.6) is 5.95 Å². The Morgan fingerprint density at radius 1 is 1.13 bits per heavy atom. The number of hydrogen-bond donors (Lipinski definition) is 1. The molecule has 1 aromatic heterocycles. The topological polar surface area (TPSA) is 66.2 Å². The predicted octanol–water partition coefficient (Wildman–Crippen LogP) is 5.48. The number of fused-ring (bicyclic) bond motifs is 1. The molecule has 0 radical (unpaired) electrons. The van der Waals surface area contributed by atoms with Crippen LogP contribution < -0.4 is 9.64 Å². The van der Waals surface area contributed by atoms with E-state index in [0.717, 1.165) is 11.8 Å². The molecule has 0 aliphatic carbocycles. The van der Waals surface area contributed by atoms with Gasteiger partial charge in [-0.1, -0.05) is 29.8 Å². The van der Waals surface area contributed by atoms with Gasteiger partial charge in [0.1, 0.15) is 5.58 Å². The van der Waals surface area contributed by atoms with Gasteiger partial charge in [-0.2, -0.15) is 13.2 Å². The number of hydrogen-bond acceptors (Lipinski definition) is 5. The number of carbonyl (C=O) groups is 1. The largest absolute Gasteiger partial charge is 0.513 e. The lowest BCUT2D eigenvalue weighted by molar-refractivity contribution is -0.137. The number of benzene rings is 2. The third-order valence-corrected chi connectivity index (χ3v) is 5.55. The van der Waals surface area contributed by atoms with E-state index in [0.29, 0.717) is 54.3 Å². The maximum atomic E-state index is 12.9. The van der Waals surface area contributed by atoms with Crippen LogP contribution in [0.4, 0.5) is 23.7 Å². The molecule has 0 amide bonds. The molecule has 164 valence electrons. The normalized spacial score (nSPS) is 15.4. The number of carboxylic acid groups (broad SMARTS) is 1. The molecule has 6 nitrogen and oxygen atoms in total. The second kappa shape index (κ2) is 8.32. The van der Waals surface area contributed by atoms with Gasteiger partial charge >= 0.3 is 12.3 Å². The van der Waals surface area contributed by atoms with E-state index in [1.807, 2.05) is 0 Å². The van der Waals surface area contributed by atoms with Crippen molar-refractivity contribution in [3.05, 3.63) is 58.6 Å². The molecule has 1 aliphatic rings. The van der Waals surface area contributed by atoms with Crippen LogP contribution in [0.25, 0.3) is 11.0 Å². The average molecular weight is 455 g/mol. The van der Waals surface area contributed by atoms with E-state index in [1.165, 1.54) is 18.2 Å². The van der Waals surface area contributed by atoms with Gasteiger partial charge in [0.05, 0.1) is 16.3 Å². The van der Waals surface area contributed by atoms with Gasteiger partial charge in [0.2, 0.25) is 0 Å². The second-order valence-electron chi connectivity index (χ2n) is 7.21. The zero-order chi connectivity index (χ0) is 22.2. The highest BCUT2D eigenvalue weighted by Crippen LogP contribution is 2.38. The molecular formula is C21H18ClF3N2O4. The third-order valence-electron chi connectivity index (χ3n) is 5.15. The van der Waals surface area contributed by atoms with Gasteiger partial charge in [-0.3, -0.25) is 4.90 Å². The molecule has 1 aliphatic heterocycles. The maximum Gasteiger partial charge on any atom is 0.513 e. The molecule has 0 unspecified atom stereocenters. The summed E-state index contributed by atoms with van der Waals surface area (Å²) < 4.78 is 48.6. The average Bonchev–Trinajstić information content (AvgIpc) is 3.11. The first-order valence-corrected chi connectivity index (χ1v) is 9.85. The van der Waals surface area contributed by atoms with Crippen LogP contribution in [0.3, 0.4) is 0 Å². The van der Waals surface area contributed by atoms with Crippen LogP contribution in [0.1, 0.15) is 11.1 Å². The van der Waals surface area contributed by atoms with Gasteiger partial charge in [-0.15, -0.1) is 0 Å². The molecule has 1 N–H and O–H groups in total. The third kappa shape index (κ3) is 4.72. The van der Waals surface area contributed by atoms with E-state index in [2.05, 4.69) is 14.5 Å². The van der Waals surface area contributed by atoms with Crippen LogP contribution in [0, 0.1) is 0 Å². The fourth-order valence-corrected chi connectivity index (χ4v) is 4.00. The Kier molecular flexibility index (Phi) is 5.72.